The van der Waals surface area contributed by atoms with Gasteiger partial charge in [-0.1, -0.05) is 0 Å². The molecule has 1 aromatic carbocycles. The second-order valence-corrected chi connectivity index (χ2v) is 7.93. The highest BCUT2D eigenvalue weighted by molar-refractivity contribution is 7.91. The molecule has 1 saturated heterocycles. The van der Waals surface area contributed by atoms with Gasteiger partial charge in [0.05, 0.1) is 29.3 Å². The van der Waals surface area contributed by atoms with Crippen LogP contribution in [0.5, 0.6) is 0 Å². The van der Waals surface area contributed by atoms with Crippen LogP contribution in [-0.2, 0) is 16.9 Å². The van der Waals surface area contributed by atoms with Crippen molar-refractivity contribution in [3.63, 3.8) is 0 Å². The van der Waals surface area contributed by atoms with E-state index in [9.17, 15) is 22.0 Å². The third-order valence-electron chi connectivity index (χ3n) is 3.96. The molecular weight excluding hydrogens is 340 g/mol. The molecule has 0 bridgehead atoms. The molecule has 128 valence electrons. The summed E-state index contributed by atoms with van der Waals surface area (Å²) < 4.78 is 52.7. The topological polar surface area (TPSA) is 72.3 Å². The first-order valence-corrected chi connectivity index (χ1v) is 9.04. The Morgan fingerprint density at radius 2 is 2.08 bits per heavy atom. The van der Waals surface area contributed by atoms with Gasteiger partial charge in [0.25, 0.3) is 5.91 Å². The summed E-state index contributed by atoms with van der Waals surface area (Å²) in [6.45, 7) is -0.0866. The van der Waals surface area contributed by atoms with Crippen LogP contribution >= 0.6 is 0 Å². The highest BCUT2D eigenvalue weighted by atomic mass is 32.2. The zero-order valence-electron chi connectivity index (χ0n) is 12.8. The quantitative estimate of drug-likeness (QED) is 0.814. The van der Waals surface area contributed by atoms with Crippen molar-refractivity contribution in [2.24, 2.45) is 7.05 Å². The lowest BCUT2D eigenvalue weighted by atomic mass is 10.1. The lowest BCUT2D eigenvalue weighted by Crippen LogP contribution is -2.46. The minimum Gasteiger partial charge on any atom is -0.329 e. The monoisotopic (exact) mass is 355 g/mol. The molecule has 0 radical (unpaired) electrons. The number of amides is 1. The summed E-state index contributed by atoms with van der Waals surface area (Å²) in [5, 5.41) is 3.99. The van der Waals surface area contributed by atoms with E-state index in [4.69, 9.17) is 0 Å². The van der Waals surface area contributed by atoms with Gasteiger partial charge in [0.1, 0.15) is 11.6 Å². The second kappa shape index (κ2) is 5.97. The van der Waals surface area contributed by atoms with E-state index in [0.29, 0.717) is 5.56 Å². The minimum atomic E-state index is -3.34. The van der Waals surface area contributed by atoms with Gasteiger partial charge < -0.3 is 4.90 Å². The number of carbonyl (C=O) groups is 1. The zero-order valence-corrected chi connectivity index (χ0v) is 13.6. The Bertz CT molecular complexity index is 895. The van der Waals surface area contributed by atoms with E-state index in [2.05, 4.69) is 5.10 Å². The highest BCUT2D eigenvalue weighted by Crippen LogP contribution is 2.28. The van der Waals surface area contributed by atoms with Crippen LogP contribution in [0, 0.1) is 11.6 Å². The van der Waals surface area contributed by atoms with Crippen molar-refractivity contribution in [3.05, 3.63) is 53.4 Å². The number of hydrogen-bond acceptors (Lipinski definition) is 4. The third-order valence-corrected chi connectivity index (χ3v) is 5.59. The van der Waals surface area contributed by atoms with Gasteiger partial charge in [-0.25, -0.2) is 17.2 Å². The lowest BCUT2D eigenvalue weighted by Gasteiger charge is -2.35. The standard InChI is InChI=1S/C15H15F2N3O3S/c1-19-8-10(7-18-19)14-9-24(22,23)5-4-20(14)15(21)12-6-11(16)2-3-13(12)17/h2-3,6-8,14H,4-5,9H2,1H3/t14-/m0/s1. The number of hydrogen-bond donors (Lipinski definition) is 0. The highest BCUT2D eigenvalue weighted by Gasteiger charge is 2.37. The Morgan fingerprint density at radius 1 is 1.33 bits per heavy atom. The van der Waals surface area contributed by atoms with E-state index in [0.717, 1.165) is 18.2 Å². The molecule has 1 atom stereocenters. The number of aryl methyl sites for hydroxylation is 1. The van der Waals surface area contributed by atoms with Crippen LogP contribution in [0.25, 0.3) is 0 Å². The molecule has 6 nitrogen and oxygen atoms in total. The molecular formula is C15H15F2N3O3S. The molecule has 9 heteroatoms. The summed E-state index contributed by atoms with van der Waals surface area (Å²) in [5.74, 6) is -2.81. The molecule has 1 fully saturated rings. The van der Waals surface area contributed by atoms with Crippen LogP contribution in [0.4, 0.5) is 8.78 Å². The molecule has 1 amide bonds. The summed E-state index contributed by atoms with van der Waals surface area (Å²) in [5.41, 5.74) is 0.120. The van der Waals surface area contributed by atoms with Crippen molar-refractivity contribution in [1.82, 2.24) is 14.7 Å². The van der Waals surface area contributed by atoms with Crippen LogP contribution in [-0.4, -0.2) is 47.1 Å². The predicted octanol–water partition coefficient (Wildman–Crippen LogP) is 1.31. The summed E-state index contributed by atoms with van der Waals surface area (Å²) in [7, 11) is -1.67. The molecule has 0 saturated carbocycles. The maximum absolute atomic E-state index is 13.9. The molecule has 0 unspecified atom stereocenters. The van der Waals surface area contributed by atoms with Crippen molar-refractivity contribution < 1.29 is 22.0 Å². The van der Waals surface area contributed by atoms with E-state index in [1.54, 1.807) is 13.2 Å². The van der Waals surface area contributed by atoms with Gasteiger partial charge in [0.2, 0.25) is 0 Å². The fourth-order valence-corrected chi connectivity index (χ4v) is 4.25. The van der Waals surface area contributed by atoms with Gasteiger partial charge in [0, 0.05) is 25.4 Å². The maximum Gasteiger partial charge on any atom is 0.257 e. The average molecular weight is 355 g/mol. The van der Waals surface area contributed by atoms with Crippen molar-refractivity contribution in [3.8, 4) is 0 Å². The predicted molar refractivity (Wildman–Crippen MR) is 82.0 cm³/mol. The van der Waals surface area contributed by atoms with Gasteiger partial charge in [-0.2, -0.15) is 5.10 Å². The third kappa shape index (κ3) is 3.16. The molecule has 1 aliphatic rings. The fraction of sp³-hybridized carbons (Fsp3) is 0.333. The Morgan fingerprint density at radius 3 is 2.75 bits per heavy atom. The zero-order chi connectivity index (χ0) is 17.5. The number of aromatic nitrogens is 2. The average Bonchev–Trinajstić information content (AvgIpc) is 2.95. The first-order valence-electron chi connectivity index (χ1n) is 7.22. The molecule has 24 heavy (non-hydrogen) atoms. The summed E-state index contributed by atoms with van der Waals surface area (Å²) >= 11 is 0. The maximum atomic E-state index is 13.9. The Labute approximate surface area is 137 Å². The van der Waals surface area contributed by atoms with Gasteiger partial charge in [-0.15, -0.1) is 0 Å². The van der Waals surface area contributed by atoms with E-state index < -0.39 is 39.0 Å². The van der Waals surface area contributed by atoms with E-state index >= 15 is 0 Å². The summed E-state index contributed by atoms with van der Waals surface area (Å²) in [4.78, 5) is 13.9. The molecule has 1 aliphatic heterocycles. The van der Waals surface area contributed by atoms with Crippen LogP contribution in [0.2, 0.25) is 0 Å². The first kappa shape index (κ1) is 16.6. The van der Waals surface area contributed by atoms with E-state index in [1.165, 1.54) is 15.8 Å². The lowest BCUT2D eigenvalue weighted by molar-refractivity contribution is 0.0692. The molecule has 1 aromatic heterocycles. The molecule has 0 spiro atoms. The van der Waals surface area contributed by atoms with Gasteiger partial charge in [-0.3, -0.25) is 9.48 Å². The second-order valence-electron chi connectivity index (χ2n) is 5.70. The SMILES string of the molecule is Cn1cc([C@@H]2CS(=O)(=O)CCN2C(=O)c2cc(F)ccc2F)cn1. The van der Waals surface area contributed by atoms with Crippen molar-refractivity contribution >= 4 is 15.7 Å². The van der Waals surface area contributed by atoms with Crippen LogP contribution < -0.4 is 0 Å². The smallest absolute Gasteiger partial charge is 0.257 e. The first-order chi connectivity index (χ1) is 11.3. The van der Waals surface area contributed by atoms with E-state index in [-0.39, 0.29) is 18.1 Å². The van der Waals surface area contributed by atoms with Crippen molar-refractivity contribution in [2.75, 3.05) is 18.1 Å². The van der Waals surface area contributed by atoms with Gasteiger partial charge >= 0.3 is 0 Å². The largest absolute Gasteiger partial charge is 0.329 e. The molecule has 2 heterocycles. The number of rotatable bonds is 2. The van der Waals surface area contributed by atoms with Crippen molar-refractivity contribution in [1.29, 1.82) is 0 Å². The fourth-order valence-electron chi connectivity index (χ4n) is 2.75. The molecule has 2 aromatic rings. The molecule has 0 aliphatic carbocycles. The number of nitrogens with zero attached hydrogens (tertiary/aromatic N) is 3. The number of halogens is 2. The molecule has 3 rings (SSSR count). The Balaban J connectivity index is 2.00. The summed E-state index contributed by atoms with van der Waals surface area (Å²) in [6.07, 6.45) is 3.07. The number of carbonyl (C=O) groups excluding carboxylic acids is 1. The Hall–Kier alpha value is -2.29. The van der Waals surface area contributed by atoms with E-state index in [1.807, 2.05) is 0 Å². The van der Waals surface area contributed by atoms with Crippen LogP contribution in [0.1, 0.15) is 22.0 Å². The number of benzene rings is 1. The van der Waals surface area contributed by atoms with Crippen LogP contribution in [0.3, 0.4) is 0 Å². The van der Waals surface area contributed by atoms with Crippen molar-refractivity contribution in [2.45, 2.75) is 6.04 Å². The van der Waals surface area contributed by atoms with Gasteiger partial charge in [-0.05, 0) is 18.2 Å². The Kier molecular flexibility index (Phi) is 4.12. The van der Waals surface area contributed by atoms with Gasteiger partial charge in [0.15, 0.2) is 9.84 Å². The normalized spacial score (nSPS) is 20.1. The number of sulfone groups is 1. The minimum absolute atomic E-state index is 0.0866. The van der Waals surface area contributed by atoms with Crippen LogP contribution in [0.15, 0.2) is 30.6 Å². The summed E-state index contributed by atoms with van der Waals surface area (Å²) in [6, 6.07) is 1.84. The molecule has 0 N–H and O–H groups in total.